The number of rotatable bonds is 0. The monoisotopic (exact) mass is 155 g/mol. The van der Waals surface area contributed by atoms with Crippen LogP contribution in [0, 0.1) is 5.41 Å². The van der Waals surface area contributed by atoms with Crippen LogP contribution in [0.4, 0.5) is 0 Å². The maximum atomic E-state index is 11.3. The van der Waals surface area contributed by atoms with Gasteiger partial charge in [-0.25, -0.2) is 0 Å². The van der Waals surface area contributed by atoms with Crippen LogP contribution in [0.3, 0.4) is 0 Å². The zero-order valence-corrected chi connectivity index (χ0v) is 8.06. The summed E-state index contributed by atoms with van der Waals surface area (Å²) in [5.74, 6) is 0.264. The van der Waals surface area contributed by atoms with Crippen molar-refractivity contribution in [1.82, 2.24) is 4.90 Å². The van der Waals surface area contributed by atoms with E-state index >= 15 is 0 Å². The predicted octanol–water partition coefficient (Wildman–Crippen LogP) is 1.65. The molecule has 1 amide bonds. The van der Waals surface area contributed by atoms with Crippen LogP contribution in [-0.4, -0.2) is 23.4 Å². The average Bonchev–Trinajstić information content (AvgIpc) is 1.93. The molecule has 0 aromatic heterocycles. The summed E-state index contributed by atoms with van der Waals surface area (Å²) in [7, 11) is 1.89. The second-order valence-corrected chi connectivity index (χ2v) is 4.57. The summed E-state index contributed by atoms with van der Waals surface area (Å²) in [4.78, 5) is 13.2. The predicted molar refractivity (Wildman–Crippen MR) is 45.2 cm³/mol. The fourth-order valence-electron chi connectivity index (χ4n) is 1.48. The number of hydrogen-bond donors (Lipinski definition) is 0. The molecule has 1 aliphatic rings. The summed E-state index contributed by atoms with van der Waals surface area (Å²) >= 11 is 0. The molecule has 1 heterocycles. The van der Waals surface area contributed by atoms with E-state index in [2.05, 4.69) is 27.7 Å². The van der Waals surface area contributed by atoms with Gasteiger partial charge in [-0.3, -0.25) is 4.79 Å². The third-order valence-electron chi connectivity index (χ3n) is 3.46. The quantitative estimate of drug-likeness (QED) is 0.521. The minimum atomic E-state index is 0.00405. The normalized spacial score (nSPS) is 27.7. The van der Waals surface area contributed by atoms with Gasteiger partial charge < -0.3 is 4.90 Å². The van der Waals surface area contributed by atoms with Gasteiger partial charge in [0.25, 0.3) is 0 Å². The first-order valence-corrected chi connectivity index (χ1v) is 4.06. The number of hydrogen-bond acceptors (Lipinski definition) is 1. The van der Waals surface area contributed by atoms with E-state index in [4.69, 9.17) is 0 Å². The van der Waals surface area contributed by atoms with Crippen LogP contribution in [0.25, 0.3) is 0 Å². The van der Waals surface area contributed by atoms with Crippen LogP contribution in [0.1, 0.15) is 34.1 Å². The molecule has 1 rings (SSSR count). The summed E-state index contributed by atoms with van der Waals surface area (Å²) in [5.41, 5.74) is 0.114. The highest BCUT2D eigenvalue weighted by Gasteiger charge is 2.49. The Morgan fingerprint density at radius 3 is 1.82 bits per heavy atom. The molecule has 0 radical (unpaired) electrons. The molecule has 1 fully saturated rings. The van der Waals surface area contributed by atoms with Crippen molar-refractivity contribution in [3.05, 3.63) is 0 Å². The summed E-state index contributed by atoms with van der Waals surface area (Å²) in [6.07, 6.45) is 0.677. The van der Waals surface area contributed by atoms with Gasteiger partial charge in [0.1, 0.15) is 0 Å². The molecule has 0 aromatic rings. The second kappa shape index (κ2) is 1.99. The molecule has 0 saturated carbocycles. The molecule has 0 bridgehead atoms. The lowest BCUT2D eigenvalue weighted by molar-refractivity contribution is -0.129. The van der Waals surface area contributed by atoms with Gasteiger partial charge >= 0.3 is 0 Å². The van der Waals surface area contributed by atoms with E-state index in [-0.39, 0.29) is 16.9 Å². The van der Waals surface area contributed by atoms with Crippen LogP contribution in [0.15, 0.2) is 0 Å². The lowest BCUT2D eigenvalue weighted by Crippen LogP contribution is -2.45. The lowest BCUT2D eigenvalue weighted by atomic mass is 9.75. The van der Waals surface area contributed by atoms with Gasteiger partial charge in [-0.05, 0) is 19.3 Å². The van der Waals surface area contributed by atoms with Crippen molar-refractivity contribution in [2.24, 2.45) is 5.41 Å². The first-order valence-electron chi connectivity index (χ1n) is 4.06. The summed E-state index contributed by atoms with van der Waals surface area (Å²) in [5, 5.41) is 0. The number of likely N-dealkylation sites (tertiary alicyclic amines) is 1. The Kier molecular flexibility index (Phi) is 1.55. The fraction of sp³-hybridized carbons (Fsp3) is 0.889. The van der Waals surface area contributed by atoms with Gasteiger partial charge in [-0.1, -0.05) is 13.8 Å². The number of amides is 1. The van der Waals surface area contributed by atoms with Crippen molar-refractivity contribution in [2.75, 3.05) is 7.05 Å². The van der Waals surface area contributed by atoms with E-state index in [1.54, 1.807) is 0 Å². The highest BCUT2D eigenvalue weighted by Crippen LogP contribution is 2.44. The van der Waals surface area contributed by atoms with Gasteiger partial charge in [0.2, 0.25) is 5.91 Å². The molecule has 1 saturated heterocycles. The Balaban J connectivity index is 3.01. The van der Waals surface area contributed by atoms with E-state index in [9.17, 15) is 4.79 Å². The number of carbonyl (C=O) groups excluding carboxylic acids is 1. The molecular weight excluding hydrogens is 138 g/mol. The third-order valence-corrected chi connectivity index (χ3v) is 3.46. The molecule has 2 nitrogen and oxygen atoms in total. The van der Waals surface area contributed by atoms with Gasteiger partial charge in [0, 0.05) is 19.0 Å². The smallest absolute Gasteiger partial charge is 0.223 e. The van der Waals surface area contributed by atoms with Gasteiger partial charge in [-0.2, -0.15) is 0 Å². The van der Waals surface area contributed by atoms with Crippen LogP contribution >= 0.6 is 0 Å². The molecule has 11 heavy (non-hydrogen) atoms. The topological polar surface area (TPSA) is 20.3 Å². The van der Waals surface area contributed by atoms with Crippen molar-refractivity contribution in [1.29, 1.82) is 0 Å². The van der Waals surface area contributed by atoms with Gasteiger partial charge in [-0.15, -0.1) is 0 Å². The Morgan fingerprint density at radius 1 is 1.27 bits per heavy atom. The lowest BCUT2D eigenvalue weighted by Gasteiger charge is -2.38. The van der Waals surface area contributed by atoms with Crippen molar-refractivity contribution in [3.8, 4) is 0 Å². The summed E-state index contributed by atoms with van der Waals surface area (Å²) in [6, 6.07) is 0. The average molecular weight is 155 g/mol. The van der Waals surface area contributed by atoms with Crippen molar-refractivity contribution >= 4 is 5.91 Å². The maximum Gasteiger partial charge on any atom is 0.223 e. The Labute approximate surface area is 68.6 Å². The first-order chi connectivity index (χ1) is 4.79. The Bertz CT molecular complexity index is 194. The Hall–Kier alpha value is -0.530. The molecule has 0 unspecified atom stereocenters. The van der Waals surface area contributed by atoms with Crippen molar-refractivity contribution < 1.29 is 4.79 Å². The molecule has 2 heteroatoms. The van der Waals surface area contributed by atoms with Crippen molar-refractivity contribution in [2.45, 2.75) is 39.7 Å². The van der Waals surface area contributed by atoms with Crippen LogP contribution in [-0.2, 0) is 4.79 Å². The maximum absolute atomic E-state index is 11.3. The van der Waals surface area contributed by atoms with E-state index in [1.165, 1.54) is 0 Å². The molecule has 0 aromatic carbocycles. The van der Waals surface area contributed by atoms with E-state index in [0.29, 0.717) is 6.42 Å². The minimum Gasteiger partial charge on any atom is -0.340 e. The zero-order chi connectivity index (χ0) is 8.86. The first kappa shape index (κ1) is 8.57. The second-order valence-electron chi connectivity index (χ2n) is 4.57. The fourth-order valence-corrected chi connectivity index (χ4v) is 1.48. The van der Waals surface area contributed by atoms with E-state index in [0.717, 1.165) is 0 Å². The van der Waals surface area contributed by atoms with Crippen LogP contribution < -0.4 is 0 Å². The molecule has 0 N–H and O–H groups in total. The largest absolute Gasteiger partial charge is 0.340 e. The van der Waals surface area contributed by atoms with Gasteiger partial charge in [0.05, 0.1) is 0 Å². The molecule has 0 atom stereocenters. The number of carbonyl (C=O) groups is 1. The molecule has 0 spiro atoms. The molecule has 1 aliphatic heterocycles. The molecular formula is C9H17NO. The zero-order valence-electron chi connectivity index (χ0n) is 8.06. The molecule has 0 aliphatic carbocycles. The molecule has 64 valence electrons. The van der Waals surface area contributed by atoms with Gasteiger partial charge in [0.15, 0.2) is 0 Å². The van der Waals surface area contributed by atoms with Crippen LogP contribution in [0.2, 0.25) is 0 Å². The summed E-state index contributed by atoms with van der Waals surface area (Å²) in [6.45, 7) is 8.54. The number of nitrogens with zero attached hydrogens (tertiary/aromatic N) is 1. The minimum absolute atomic E-state index is 0.00405. The SMILES string of the molecule is CN1C(=O)CC(C)(C)C1(C)C. The highest BCUT2D eigenvalue weighted by atomic mass is 16.2. The Morgan fingerprint density at radius 2 is 1.73 bits per heavy atom. The van der Waals surface area contributed by atoms with Crippen LogP contribution in [0.5, 0.6) is 0 Å². The highest BCUT2D eigenvalue weighted by molar-refractivity contribution is 5.80. The van der Waals surface area contributed by atoms with E-state index in [1.807, 2.05) is 11.9 Å². The standard InChI is InChI=1S/C9H17NO/c1-8(2)6-7(11)10(5)9(8,3)4/h6H2,1-5H3. The third kappa shape index (κ3) is 0.959. The van der Waals surface area contributed by atoms with E-state index < -0.39 is 0 Å². The van der Waals surface area contributed by atoms with Crippen molar-refractivity contribution in [3.63, 3.8) is 0 Å². The summed E-state index contributed by atoms with van der Waals surface area (Å²) < 4.78 is 0.